The summed E-state index contributed by atoms with van der Waals surface area (Å²) in [5, 5.41) is 40.9. The third-order valence-electron chi connectivity index (χ3n) is 13.3. The van der Waals surface area contributed by atoms with Gasteiger partial charge in [-0.1, -0.05) is 97.1 Å². The first-order valence-corrected chi connectivity index (χ1v) is 23.7. The number of aromatic nitrogens is 3. The number of fused-ring (bicyclic) bond motifs is 3. The first kappa shape index (κ1) is 48.7. The number of hydrogen-bond donors (Lipinski definition) is 0. The molecule has 0 fully saturated rings. The van der Waals surface area contributed by atoms with E-state index in [-0.39, 0.29) is 50.2 Å². The molecular weight excluding hydrogens is 981 g/mol. The van der Waals surface area contributed by atoms with Crippen LogP contribution in [-0.2, 0) is 12.4 Å². The van der Waals surface area contributed by atoms with Crippen LogP contribution in [-0.4, -0.2) is 14.5 Å². The number of nitriles is 4. The van der Waals surface area contributed by atoms with Gasteiger partial charge in [-0.2, -0.15) is 47.4 Å². The molecule has 2 heterocycles. The third-order valence-corrected chi connectivity index (χ3v) is 13.3. The highest BCUT2D eigenvalue weighted by Gasteiger charge is 2.33. The Bertz CT molecular complexity index is 4030. The number of nitrogens with zero attached hydrogens (tertiary/aromatic N) is 7. The van der Waals surface area contributed by atoms with Crippen molar-refractivity contribution in [3.63, 3.8) is 0 Å². The Morgan fingerprint density at radius 1 is 0.338 bits per heavy atom. The Hall–Kier alpha value is -10.6. The average molecular weight is 1010 g/mol. The highest BCUT2D eigenvalue weighted by molar-refractivity contribution is 6.13. The van der Waals surface area contributed by atoms with Crippen LogP contribution < -0.4 is 0 Å². The quantitative estimate of drug-likeness (QED) is 0.140. The Morgan fingerprint density at radius 3 is 1.16 bits per heavy atom. The van der Waals surface area contributed by atoms with Gasteiger partial charge < -0.3 is 4.57 Å². The lowest BCUT2D eigenvalue weighted by atomic mass is 9.90. The van der Waals surface area contributed by atoms with Gasteiger partial charge in [-0.3, -0.25) is 0 Å². The minimum Gasteiger partial charge on any atom is -0.308 e. The summed E-state index contributed by atoms with van der Waals surface area (Å²) >= 11 is 0. The van der Waals surface area contributed by atoms with Crippen molar-refractivity contribution in [1.29, 1.82) is 21.0 Å². The van der Waals surface area contributed by atoms with Crippen LogP contribution in [0.5, 0.6) is 0 Å². The summed E-state index contributed by atoms with van der Waals surface area (Å²) in [6.45, 7) is 0. The fourth-order valence-electron chi connectivity index (χ4n) is 9.73. The number of halogens is 6. The fraction of sp³-hybridized carbons (Fsp3) is 0.0312. The molecule has 9 aromatic carbocycles. The molecule has 0 aliphatic carbocycles. The van der Waals surface area contributed by atoms with E-state index in [1.54, 1.807) is 66.7 Å². The van der Waals surface area contributed by atoms with E-state index in [9.17, 15) is 47.4 Å². The van der Waals surface area contributed by atoms with Crippen molar-refractivity contribution in [2.45, 2.75) is 12.4 Å². The molecular formula is C64H33F6N7. The maximum absolute atomic E-state index is 14.9. The van der Waals surface area contributed by atoms with Crippen LogP contribution in [0.3, 0.4) is 0 Å². The maximum Gasteiger partial charge on any atom is 0.416 e. The molecule has 0 aliphatic rings. The van der Waals surface area contributed by atoms with Gasteiger partial charge in [0.2, 0.25) is 0 Å². The van der Waals surface area contributed by atoms with E-state index >= 15 is 0 Å². The van der Waals surface area contributed by atoms with E-state index in [1.165, 1.54) is 36.4 Å². The van der Waals surface area contributed by atoms with Crippen LogP contribution in [0.15, 0.2) is 200 Å². The fourth-order valence-corrected chi connectivity index (χ4v) is 9.73. The summed E-state index contributed by atoms with van der Waals surface area (Å²) in [5.74, 6) is 0.325. The van der Waals surface area contributed by atoms with Gasteiger partial charge in [0.05, 0.1) is 85.8 Å². The van der Waals surface area contributed by atoms with Crippen LogP contribution in [0.1, 0.15) is 33.4 Å². The van der Waals surface area contributed by atoms with Crippen molar-refractivity contribution >= 4 is 21.8 Å². The Balaban J connectivity index is 1.30. The molecule has 11 rings (SSSR count). The maximum atomic E-state index is 14.9. The number of benzene rings is 9. The molecule has 0 atom stereocenters. The number of rotatable bonds is 8. The molecule has 366 valence electrons. The van der Waals surface area contributed by atoms with E-state index < -0.39 is 23.5 Å². The Labute approximate surface area is 436 Å². The lowest BCUT2D eigenvalue weighted by Crippen LogP contribution is -2.07. The highest BCUT2D eigenvalue weighted by Crippen LogP contribution is 2.47. The lowest BCUT2D eigenvalue weighted by molar-refractivity contribution is -0.138. The van der Waals surface area contributed by atoms with Gasteiger partial charge in [-0.05, 0) is 137 Å². The molecule has 13 heteroatoms. The van der Waals surface area contributed by atoms with Gasteiger partial charge in [-0.15, -0.1) is 0 Å². The average Bonchev–Trinajstić information content (AvgIpc) is 4.07. The monoisotopic (exact) mass is 1010 g/mol. The summed E-state index contributed by atoms with van der Waals surface area (Å²) in [5.41, 5.74) is 5.64. The van der Waals surface area contributed by atoms with Gasteiger partial charge in [0, 0.05) is 38.6 Å². The van der Waals surface area contributed by atoms with Crippen molar-refractivity contribution in [2.75, 3.05) is 0 Å². The minimum absolute atomic E-state index is 0.0865. The number of alkyl halides is 6. The molecule has 0 amide bonds. The second-order valence-corrected chi connectivity index (χ2v) is 18.1. The molecule has 0 spiro atoms. The van der Waals surface area contributed by atoms with Gasteiger partial charge in [0.15, 0.2) is 5.82 Å². The van der Waals surface area contributed by atoms with E-state index in [4.69, 9.17) is 9.97 Å². The summed E-state index contributed by atoms with van der Waals surface area (Å²) in [6, 6.07) is 61.8. The molecule has 0 unspecified atom stereocenters. The first-order valence-electron chi connectivity index (χ1n) is 23.7. The topological polar surface area (TPSA) is 126 Å². The van der Waals surface area contributed by atoms with Crippen molar-refractivity contribution in [2.24, 2.45) is 0 Å². The summed E-state index contributed by atoms with van der Waals surface area (Å²) in [7, 11) is 0. The summed E-state index contributed by atoms with van der Waals surface area (Å²) in [4.78, 5) is 9.97. The van der Waals surface area contributed by atoms with Crippen LogP contribution in [0, 0.1) is 45.3 Å². The molecule has 77 heavy (non-hydrogen) atoms. The molecule has 0 aliphatic heterocycles. The van der Waals surface area contributed by atoms with Crippen LogP contribution >= 0.6 is 0 Å². The minimum atomic E-state index is -4.79. The standard InChI is InChI=1S/C64H33F6N7/c65-63(66,67)51-15-7-13-46(27-51)53-31-50(58-33-57(42-9-3-1-4-10-42)75-62(76-58)43-11-5-2-6-12-43)32-54(47-14-8-16-52(28-47)64(68,69)70)61(53)77-59-19-17-44(48-23-38(34-71)21-39(24-48)35-72)29-55(59)56-30-45(18-20-60(56)77)49-25-40(36-73)22-41(26-49)37-74/h1-33H. The largest absolute Gasteiger partial charge is 0.416 e. The summed E-state index contributed by atoms with van der Waals surface area (Å²) < 4.78 is 91.1. The predicted molar refractivity (Wildman–Crippen MR) is 283 cm³/mol. The first-order chi connectivity index (χ1) is 37.2. The van der Waals surface area contributed by atoms with Crippen LogP contribution in [0.2, 0.25) is 0 Å². The van der Waals surface area contributed by atoms with E-state index in [0.29, 0.717) is 72.4 Å². The molecule has 0 N–H and O–H groups in total. The van der Waals surface area contributed by atoms with Crippen molar-refractivity contribution in [1.82, 2.24) is 14.5 Å². The zero-order chi connectivity index (χ0) is 53.6. The van der Waals surface area contributed by atoms with Gasteiger partial charge in [0.1, 0.15) is 0 Å². The predicted octanol–water partition coefficient (Wildman–Crippen LogP) is 16.8. The van der Waals surface area contributed by atoms with Crippen LogP contribution in [0.4, 0.5) is 26.3 Å². The van der Waals surface area contributed by atoms with Crippen molar-refractivity contribution in [3.05, 3.63) is 234 Å². The van der Waals surface area contributed by atoms with Crippen LogP contribution in [0.25, 0.3) is 106 Å². The second kappa shape index (κ2) is 19.3. The van der Waals surface area contributed by atoms with E-state index in [0.717, 1.165) is 29.8 Å². The smallest absolute Gasteiger partial charge is 0.308 e. The molecule has 7 nitrogen and oxygen atoms in total. The van der Waals surface area contributed by atoms with Crippen molar-refractivity contribution < 1.29 is 26.3 Å². The lowest BCUT2D eigenvalue weighted by Gasteiger charge is -2.22. The normalized spacial score (nSPS) is 11.5. The summed E-state index contributed by atoms with van der Waals surface area (Å²) in [6.07, 6.45) is -9.58. The Kier molecular flexibility index (Phi) is 12.2. The number of hydrogen-bond acceptors (Lipinski definition) is 6. The molecule has 11 aromatic rings. The zero-order valence-electron chi connectivity index (χ0n) is 40.0. The Morgan fingerprint density at radius 2 is 0.740 bits per heavy atom. The zero-order valence-corrected chi connectivity index (χ0v) is 40.0. The van der Waals surface area contributed by atoms with Crippen molar-refractivity contribution in [3.8, 4) is 108 Å². The highest BCUT2D eigenvalue weighted by atomic mass is 19.4. The van der Waals surface area contributed by atoms with Gasteiger partial charge >= 0.3 is 12.4 Å². The van der Waals surface area contributed by atoms with E-state index in [2.05, 4.69) is 24.3 Å². The molecule has 0 bridgehead atoms. The van der Waals surface area contributed by atoms with Gasteiger partial charge in [-0.25, -0.2) is 9.97 Å². The molecule has 2 aromatic heterocycles. The van der Waals surface area contributed by atoms with Gasteiger partial charge in [0.25, 0.3) is 0 Å². The second-order valence-electron chi connectivity index (χ2n) is 18.1. The van der Waals surface area contributed by atoms with E-state index in [1.807, 2.05) is 77.4 Å². The molecule has 0 saturated carbocycles. The SMILES string of the molecule is N#Cc1cc(C#N)cc(-c2ccc3c(c2)c2cc(-c4cc(C#N)cc(C#N)c4)ccc2n3-c2c(-c3cccc(C(F)(F)F)c3)cc(-c3cc(-c4ccccc4)nc(-c4ccccc4)n3)cc2-c2cccc(C(F)(F)F)c2)c1. The third kappa shape index (κ3) is 9.38. The molecule has 0 saturated heterocycles. The molecule has 0 radical (unpaired) electrons.